The Bertz CT molecular complexity index is 612. The number of anilines is 1. The van der Waals surface area contributed by atoms with Crippen LogP contribution in [0.1, 0.15) is 15.9 Å². The van der Waals surface area contributed by atoms with Gasteiger partial charge in [0.15, 0.2) is 0 Å². The number of halogens is 1. The third-order valence-electron chi connectivity index (χ3n) is 2.84. The molecule has 0 unspecified atom stereocenters. The first-order valence-electron chi connectivity index (χ1n) is 6.06. The zero-order valence-electron chi connectivity index (χ0n) is 11.0. The number of hydrogen-bond donors (Lipinski definition) is 2. The molecule has 4 nitrogen and oxygen atoms in total. The molecule has 0 saturated carbocycles. The number of methoxy groups -OCH3 is 1. The molecular formula is C15H15BrN2O2. The molecule has 0 aromatic heterocycles. The summed E-state index contributed by atoms with van der Waals surface area (Å²) < 4.78 is 6.07. The number of benzene rings is 2. The van der Waals surface area contributed by atoms with E-state index in [1.807, 2.05) is 24.3 Å². The highest BCUT2D eigenvalue weighted by molar-refractivity contribution is 9.10. The molecule has 0 bridgehead atoms. The van der Waals surface area contributed by atoms with E-state index >= 15 is 0 Å². The summed E-state index contributed by atoms with van der Waals surface area (Å²) in [6, 6.07) is 12.7. The lowest BCUT2D eigenvalue weighted by Gasteiger charge is -2.10. The third-order valence-corrected chi connectivity index (χ3v) is 3.33. The van der Waals surface area contributed by atoms with Gasteiger partial charge in [0, 0.05) is 16.7 Å². The smallest absolute Gasteiger partial charge is 0.255 e. The summed E-state index contributed by atoms with van der Waals surface area (Å²) in [7, 11) is 1.54. The van der Waals surface area contributed by atoms with Crippen LogP contribution in [0.5, 0.6) is 5.75 Å². The molecule has 2 rings (SSSR count). The van der Waals surface area contributed by atoms with Gasteiger partial charge in [0.1, 0.15) is 5.75 Å². The number of carbonyl (C=O) groups excluding carboxylic acids is 1. The van der Waals surface area contributed by atoms with Crippen molar-refractivity contribution >= 4 is 27.5 Å². The van der Waals surface area contributed by atoms with E-state index in [1.165, 1.54) is 0 Å². The van der Waals surface area contributed by atoms with Crippen LogP contribution in [0.2, 0.25) is 0 Å². The fourth-order valence-electron chi connectivity index (χ4n) is 1.77. The van der Waals surface area contributed by atoms with Crippen LogP contribution >= 0.6 is 15.9 Å². The summed E-state index contributed by atoms with van der Waals surface area (Å²) in [5, 5.41) is 2.85. The Morgan fingerprint density at radius 2 is 1.95 bits per heavy atom. The Morgan fingerprint density at radius 1 is 1.25 bits per heavy atom. The summed E-state index contributed by atoms with van der Waals surface area (Å²) in [6.45, 7) is 0.443. The minimum atomic E-state index is -0.175. The van der Waals surface area contributed by atoms with Crippen molar-refractivity contribution in [1.82, 2.24) is 5.32 Å². The van der Waals surface area contributed by atoms with Crippen molar-refractivity contribution in [2.24, 2.45) is 0 Å². The lowest BCUT2D eigenvalue weighted by atomic mass is 10.1. The molecule has 3 N–H and O–H groups in total. The number of nitrogen functional groups attached to an aromatic ring is 1. The Labute approximate surface area is 126 Å². The topological polar surface area (TPSA) is 64.3 Å². The molecule has 0 fully saturated rings. The zero-order chi connectivity index (χ0) is 14.5. The molecule has 0 aliphatic carbocycles. The maximum absolute atomic E-state index is 12.1. The fourth-order valence-corrected chi connectivity index (χ4v) is 2.11. The lowest BCUT2D eigenvalue weighted by Crippen LogP contribution is -2.23. The van der Waals surface area contributed by atoms with Crippen LogP contribution in [-0.2, 0) is 6.54 Å². The predicted molar refractivity (Wildman–Crippen MR) is 82.7 cm³/mol. The van der Waals surface area contributed by atoms with Crippen molar-refractivity contribution in [2.75, 3.05) is 12.8 Å². The van der Waals surface area contributed by atoms with Crippen molar-refractivity contribution in [3.05, 3.63) is 58.1 Å². The molecule has 20 heavy (non-hydrogen) atoms. The molecule has 0 saturated heterocycles. The third kappa shape index (κ3) is 3.51. The summed E-state index contributed by atoms with van der Waals surface area (Å²) >= 11 is 3.35. The van der Waals surface area contributed by atoms with E-state index in [9.17, 15) is 4.79 Å². The van der Waals surface area contributed by atoms with E-state index < -0.39 is 0 Å². The van der Waals surface area contributed by atoms with Gasteiger partial charge in [0.2, 0.25) is 0 Å². The first-order valence-corrected chi connectivity index (χ1v) is 6.85. The minimum absolute atomic E-state index is 0.175. The Morgan fingerprint density at radius 3 is 2.60 bits per heavy atom. The van der Waals surface area contributed by atoms with Crippen molar-refractivity contribution in [2.45, 2.75) is 6.54 Å². The van der Waals surface area contributed by atoms with Crippen molar-refractivity contribution in [3.63, 3.8) is 0 Å². The molecule has 5 heteroatoms. The number of nitrogens with two attached hydrogens (primary N) is 1. The van der Waals surface area contributed by atoms with Gasteiger partial charge in [-0.05, 0) is 35.9 Å². The molecule has 0 aliphatic rings. The van der Waals surface area contributed by atoms with Gasteiger partial charge in [-0.25, -0.2) is 0 Å². The van der Waals surface area contributed by atoms with E-state index in [2.05, 4.69) is 21.2 Å². The normalized spacial score (nSPS) is 10.1. The first kappa shape index (κ1) is 14.4. The molecule has 1 amide bonds. The van der Waals surface area contributed by atoms with Gasteiger partial charge >= 0.3 is 0 Å². The highest BCUT2D eigenvalue weighted by Gasteiger charge is 2.12. The number of rotatable bonds is 4. The van der Waals surface area contributed by atoms with Crippen molar-refractivity contribution in [1.29, 1.82) is 0 Å². The van der Waals surface area contributed by atoms with E-state index in [0.717, 1.165) is 10.0 Å². The second-order valence-electron chi connectivity index (χ2n) is 4.27. The van der Waals surface area contributed by atoms with Gasteiger partial charge in [-0.15, -0.1) is 0 Å². The van der Waals surface area contributed by atoms with Gasteiger partial charge < -0.3 is 15.8 Å². The van der Waals surface area contributed by atoms with Gasteiger partial charge in [0.05, 0.1) is 12.7 Å². The van der Waals surface area contributed by atoms with Gasteiger partial charge in [-0.3, -0.25) is 4.79 Å². The summed E-state index contributed by atoms with van der Waals surface area (Å²) in [6.07, 6.45) is 0. The van der Waals surface area contributed by atoms with Crippen LogP contribution in [0, 0.1) is 0 Å². The maximum Gasteiger partial charge on any atom is 0.255 e. The fraction of sp³-hybridized carbons (Fsp3) is 0.133. The standard InChI is InChI=1S/C15H15BrN2O2/c1-20-14-8-11(16)4-7-13(14)15(19)18-9-10-2-5-12(17)6-3-10/h2-8H,9,17H2,1H3,(H,18,19). The molecule has 2 aromatic rings. The molecule has 0 aliphatic heterocycles. The molecule has 0 spiro atoms. The minimum Gasteiger partial charge on any atom is -0.496 e. The molecule has 0 radical (unpaired) electrons. The molecular weight excluding hydrogens is 320 g/mol. The molecule has 104 valence electrons. The largest absolute Gasteiger partial charge is 0.496 e. The summed E-state index contributed by atoms with van der Waals surface area (Å²) in [5.74, 6) is 0.361. The average molecular weight is 335 g/mol. The first-order chi connectivity index (χ1) is 9.60. The van der Waals surface area contributed by atoms with Crippen molar-refractivity contribution in [3.8, 4) is 5.75 Å². The van der Waals surface area contributed by atoms with E-state index in [0.29, 0.717) is 23.5 Å². The summed E-state index contributed by atoms with van der Waals surface area (Å²) in [4.78, 5) is 12.1. The van der Waals surface area contributed by atoms with E-state index in [1.54, 1.807) is 25.3 Å². The lowest BCUT2D eigenvalue weighted by molar-refractivity contribution is 0.0948. The maximum atomic E-state index is 12.1. The SMILES string of the molecule is COc1cc(Br)ccc1C(=O)NCc1ccc(N)cc1. The van der Waals surface area contributed by atoms with Crippen molar-refractivity contribution < 1.29 is 9.53 Å². The average Bonchev–Trinajstić information content (AvgIpc) is 2.46. The Balaban J connectivity index is 2.07. The number of ether oxygens (including phenoxy) is 1. The molecule has 0 atom stereocenters. The van der Waals surface area contributed by atoms with Crippen LogP contribution in [0.3, 0.4) is 0 Å². The van der Waals surface area contributed by atoms with E-state index in [-0.39, 0.29) is 5.91 Å². The second-order valence-corrected chi connectivity index (χ2v) is 5.18. The quantitative estimate of drug-likeness (QED) is 0.845. The van der Waals surface area contributed by atoms with Crippen LogP contribution in [0.15, 0.2) is 46.9 Å². The molecule has 2 aromatic carbocycles. The van der Waals surface area contributed by atoms with Gasteiger partial charge in [-0.2, -0.15) is 0 Å². The number of hydrogen-bond acceptors (Lipinski definition) is 3. The number of carbonyl (C=O) groups is 1. The monoisotopic (exact) mass is 334 g/mol. The van der Waals surface area contributed by atoms with Crippen LogP contribution in [0.25, 0.3) is 0 Å². The van der Waals surface area contributed by atoms with Gasteiger partial charge in [-0.1, -0.05) is 28.1 Å². The van der Waals surface area contributed by atoms with Crippen LogP contribution < -0.4 is 15.8 Å². The Hall–Kier alpha value is -2.01. The highest BCUT2D eigenvalue weighted by Crippen LogP contribution is 2.23. The zero-order valence-corrected chi connectivity index (χ0v) is 12.6. The number of amides is 1. The van der Waals surface area contributed by atoms with E-state index in [4.69, 9.17) is 10.5 Å². The second kappa shape index (κ2) is 6.43. The summed E-state index contributed by atoms with van der Waals surface area (Å²) in [5.41, 5.74) is 7.82. The van der Waals surface area contributed by atoms with Crippen LogP contribution in [-0.4, -0.2) is 13.0 Å². The predicted octanol–water partition coefficient (Wildman–Crippen LogP) is 2.97. The van der Waals surface area contributed by atoms with Gasteiger partial charge in [0.25, 0.3) is 5.91 Å². The Kier molecular flexibility index (Phi) is 4.63. The number of nitrogens with one attached hydrogen (secondary N) is 1. The van der Waals surface area contributed by atoms with Crippen LogP contribution in [0.4, 0.5) is 5.69 Å². The highest BCUT2D eigenvalue weighted by atomic mass is 79.9. The molecule has 0 heterocycles.